The Balaban J connectivity index is 1.56. The monoisotopic (exact) mass is 465 g/mol. The predicted octanol–water partition coefficient (Wildman–Crippen LogP) is 2.85. The van der Waals surface area contributed by atoms with E-state index >= 15 is 0 Å². The molecule has 34 heavy (non-hydrogen) atoms. The standard InChI is InChI=1S/C25H23NO8/c1-33-22-12-16(4-8-20(22)29)2-6-18(27)14-19(28)7-3-17-5-9-21(30)23(13-17)34-15-26-24(31)10-11-25(26)32/h2-9,12-13,29-30H,10-11,14-15H2,1H3/b6-2+,7-3+. The molecule has 1 fully saturated rings. The minimum absolute atomic E-state index is 0.0212. The quantitative estimate of drug-likeness (QED) is 0.311. The van der Waals surface area contributed by atoms with Gasteiger partial charge < -0.3 is 19.7 Å². The molecular formula is C25H23NO8. The Morgan fingerprint density at radius 1 is 0.882 bits per heavy atom. The third-order valence-corrected chi connectivity index (χ3v) is 4.96. The number of benzene rings is 2. The van der Waals surface area contributed by atoms with Crippen molar-refractivity contribution in [3.8, 4) is 23.0 Å². The molecule has 1 saturated heterocycles. The highest BCUT2D eigenvalue weighted by atomic mass is 16.5. The first-order valence-corrected chi connectivity index (χ1v) is 10.3. The van der Waals surface area contributed by atoms with Crippen LogP contribution in [0, 0.1) is 0 Å². The highest BCUT2D eigenvalue weighted by Crippen LogP contribution is 2.28. The van der Waals surface area contributed by atoms with Gasteiger partial charge in [-0.1, -0.05) is 24.3 Å². The topological polar surface area (TPSA) is 130 Å². The lowest BCUT2D eigenvalue weighted by Gasteiger charge is -2.15. The van der Waals surface area contributed by atoms with E-state index in [-0.39, 0.29) is 60.8 Å². The van der Waals surface area contributed by atoms with Gasteiger partial charge in [-0.3, -0.25) is 19.2 Å². The average Bonchev–Trinajstić information content (AvgIpc) is 3.14. The lowest BCUT2D eigenvalue weighted by Crippen LogP contribution is -2.32. The van der Waals surface area contributed by atoms with Crippen LogP contribution < -0.4 is 9.47 Å². The maximum absolute atomic E-state index is 12.2. The van der Waals surface area contributed by atoms with Crippen molar-refractivity contribution in [2.75, 3.05) is 13.8 Å². The molecule has 0 bridgehead atoms. The van der Waals surface area contributed by atoms with E-state index in [0.29, 0.717) is 11.1 Å². The van der Waals surface area contributed by atoms with Gasteiger partial charge in [-0.05, 0) is 47.5 Å². The fourth-order valence-electron chi connectivity index (χ4n) is 3.12. The lowest BCUT2D eigenvalue weighted by molar-refractivity contribution is -0.141. The number of carbonyl (C=O) groups excluding carboxylic acids is 4. The number of aromatic hydroxyl groups is 2. The summed E-state index contributed by atoms with van der Waals surface area (Å²) in [5.41, 5.74) is 1.14. The van der Waals surface area contributed by atoms with E-state index in [9.17, 15) is 29.4 Å². The number of ether oxygens (including phenoxy) is 2. The predicted molar refractivity (Wildman–Crippen MR) is 122 cm³/mol. The van der Waals surface area contributed by atoms with Gasteiger partial charge in [0.15, 0.2) is 41.3 Å². The molecule has 176 valence electrons. The molecular weight excluding hydrogens is 442 g/mol. The summed E-state index contributed by atoms with van der Waals surface area (Å²) in [6.45, 7) is -0.314. The first-order chi connectivity index (χ1) is 16.3. The molecule has 9 heteroatoms. The second kappa shape index (κ2) is 11.0. The van der Waals surface area contributed by atoms with E-state index < -0.39 is 11.6 Å². The van der Waals surface area contributed by atoms with Gasteiger partial charge in [0.05, 0.1) is 13.5 Å². The summed E-state index contributed by atoms with van der Waals surface area (Å²) in [5, 5.41) is 19.6. The first kappa shape index (κ1) is 24.2. The molecule has 0 atom stereocenters. The SMILES string of the molecule is COc1cc(/C=C/C(=O)CC(=O)/C=C/c2ccc(O)c(OCN3C(=O)CCC3=O)c2)ccc1O. The average molecular weight is 465 g/mol. The number of carbonyl (C=O) groups is 4. The van der Waals surface area contributed by atoms with E-state index in [4.69, 9.17) is 9.47 Å². The molecule has 1 aliphatic rings. The molecule has 2 aromatic carbocycles. The van der Waals surface area contributed by atoms with Crippen molar-refractivity contribution >= 4 is 35.5 Å². The van der Waals surface area contributed by atoms with Crippen LogP contribution in [0.5, 0.6) is 23.0 Å². The van der Waals surface area contributed by atoms with E-state index in [2.05, 4.69) is 0 Å². The number of allylic oxidation sites excluding steroid dienone is 2. The summed E-state index contributed by atoms with van der Waals surface area (Å²) in [6, 6.07) is 8.94. The molecule has 9 nitrogen and oxygen atoms in total. The van der Waals surface area contributed by atoms with Gasteiger partial charge in [0.1, 0.15) is 0 Å². The Hall–Kier alpha value is -4.40. The summed E-state index contributed by atoms with van der Waals surface area (Å²) in [4.78, 5) is 48.5. The number of ketones is 2. The van der Waals surface area contributed by atoms with Crippen molar-refractivity contribution in [3.63, 3.8) is 0 Å². The number of imide groups is 1. The molecule has 0 aliphatic carbocycles. The van der Waals surface area contributed by atoms with Crippen LogP contribution in [0.1, 0.15) is 30.4 Å². The van der Waals surface area contributed by atoms with Crippen LogP contribution in [0.4, 0.5) is 0 Å². The van der Waals surface area contributed by atoms with E-state index in [1.807, 2.05) is 0 Å². The number of rotatable bonds is 10. The molecule has 0 radical (unpaired) electrons. The van der Waals surface area contributed by atoms with Gasteiger partial charge in [0, 0.05) is 12.8 Å². The molecule has 1 aliphatic heterocycles. The zero-order valence-corrected chi connectivity index (χ0v) is 18.4. The van der Waals surface area contributed by atoms with Gasteiger partial charge >= 0.3 is 0 Å². The van der Waals surface area contributed by atoms with Gasteiger partial charge in [0.2, 0.25) is 11.8 Å². The minimum Gasteiger partial charge on any atom is -0.504 e. The van der Waals surface area contributed by atoms with Crippen molar-refractivity contribution in [2.24, 2.45) is 0 Å². The molecule has 2 N–H and O–H groups in total. The zero-order chi connectivity index (χ0) is 24.7. The Kier molecular flexibility index (Phi) is 7.81. The van der Waals surface area contributed by atoms with Crippen LogP contribution in [0.15, 0.2) is 48.6 Å². The zero-order valence-electron chi connectivity index (χ0n) is 18.4. The second-order valence-corrected chi connectivity index (χ2v) is 7.42. The normalized spacial score (nSPS) is 13.7. The van der Waals surface area contributed by atoms with E-state index in [1.54, 1.807) is 12.1 Å². The number of hydrogen-bond donors (Lipinski definition) is 2. The smallest absolute Gasteiger partial charge is 0.232 e. The van der Waals surface area contributed by atoms with Crippen LogP contribution in [0.3, 0.4) is 0 Å². The second-order valence-electron chi connectivity index (χ2n) is 7.42. The summed E-state index contributed by atoms with van der Waals surface area (Å²) < 4.78 is 10.4. The van der Waals surface area contributed by atoms with E-state index in [1.165, 1.54) is 55.7 Å². The number of amides is 2. The number of methoxy groups -OCH3 is 1. The number of nitrogens with zero attached hydrogens (tertiary/aromatic N) is 1. The Labute approximate surface area is 195 Å². The molecule has 0 spiro atoms. The maximum Gasteiger partial charge on any atom is 0.232 e. The maximum atomic E-state index is 12.2. The van der Waals surface area contributed by atoms with Crippen molar-refractivity contribution in [1.29, 1.82) is 0 Å². The first-order valence-electron chi connectivity index (χ1n) is 10.3. The third kappa shape index (κ3) is 6.32. The molecule has 2 amide bonds. The van der Waals surface area contributed by atoms with E-state index in [0.717, 1.165) is 4.90 Å². The van der Waals surface area contributed by atoms with Crippen molar-refractivity contribution in [2.45, 2.75) is 19.3 Å². The Morgan fingerprint density at radius 2 is 1.38 bits per heavy atom. The van der Waals surface area contributed by atoms with Crippen LogP contribution in [-0.2, 0) is 19.2 Å². The fourth-order valence-corrected chi connectivity index (χ4v) is 3.12. The summed E-state index contributed by atoms with van der Waals surface area (Å²) in [7, 11) is 1.41. The Bertz CT molecular complexity index is 1170. The molecule has 1 heterocycles. The highest BCUT2D eigenvalue weighted by Gasteiger charge is 2.29. The largest absolute Gasteiger partial charge is 0.504 e. The van der Waals surface area contributed by atoms with Crippen LogP contribution >= 0.6 is 0 Å². The molecule has 0 unspecified atom stereocenters. The number of phenols is 2. The highest BCUT2D eigenvalue weighted by molar-refractivity contribution is 6.10. The minimum atomic E-state index is -0.429. The van der Waals surface area contributed by atoms with Gasteiger partial charge in [0.25, 0.3) is 0 Å². The van der Waals surface area contributed by atoms with Crippen LogP contribution in [0.25, 0.3) is 12.2 Å². The van der Waals surface area contributed by atoms with Gasteiger partial charge in [-0.25, -0.2) is 4.90 Å². The molecule has 0 saturated carbocycles. The third-order valence-electron chi connectivity index (χ3n) is 4.96. The van der Waals surface area contributed by atoms with Crippen LogP contribution in [0.2, 0.25) is 0 Å². The van der Waals surface area contributed by atoms with Gasteiger partial charge in [-0.15, -0.1) is 0 Å². The lowest BCUT2D eigenvalue weighted by atomic mass is 10.1. The fraction of sp³-hybridized carbons (Fsp3) is 0.200. The van der Waals surface area contributed by atoms with Crippen molar-refractivity contribution in [3.05, 3.63) is 59.7 Å². The van der Waals surface area contributed by atoms with Gasteiger partial charge in [-0.2, -0.15) is 0 Å². The summed E-state index contributed by atoms with van der Waals surface area (Å²) >= 11 is 0. The summed E-state index contributed by atoms with van der Waals surface area (Å²) in [6.07, 6.45) is 5.41. The number of likely N-dealkylation sites (tertiary alicyclic amines) is 1. The molecule has 2 aromatic rings. The molecule has 3 rings (SSSR count). The number of phenolic OH excluding ortho intramolecular Hbond substituents is 2. The van der Waals surface area contributed by atoms with Crippen molar-refractivity contribution < 1.29 is 38.9 Å². The molecule has 0 aromatic heterocycles. The van der Waals surface area contributed by atoms with Crippen LogP contribution in [-0.4, -0.2) is 52.3 Å². The Morgan fingerprint density at radius 3 is 1.91 bits per heavy atom. The number of hydrogen-bond acceptors (Lipinski definition) is 8. The van der Waals surface area contributed by atoms with Crippen molar-refractivity contribution in [1.82, 2.24) is 4.90 Å². The summed E-state index contributed by atoms with van der Waals surface area (Å²) in [5.74, 6) is -1.40.